The maximum absolute atomic E-state index is 12.0. The van der Waals surface area contributed by atoms with E-state index < -0.39 is 0 Å². The van der Waals surface area contributed by atoms with Crippen LogP contribution >= 0.6 is 0 Å². The number of hydrogen-bond acceptors (Lipinski definition) is 4. The molecule has 0 bridgehead atoms. The Hall–Kier alpha value is -2.30. The Labute approximate surface area is 105 Å². The highest BCUT2D eigenvalue weighted by molar-refractivity contribution is 5.94. The SMILES string of the molecule is Cc1ccnc(NC(=O)C(C)c2cccnc2)n1. The molecule has 1 amide bonds. The van der Waals surface area contributed by atoms with Gasteiger partial charge in [-0.15, -0.1) is 0 Å². The minimum atomic E-state index is -0.289. The third kappa shape index (κ3) is 2.88. The van der Waals surface area contributed by atoms with Crippen molar-refractivity contribution in [3.63, 3.8) is 0 Å². The molecule has 0 saturated heterocycles. The minimum absolute atomic E-state index is 0.145. The summed E-state index contributed by atoms with van der Waals surface area (Å²) in [6.07, 6.45) is 4.98. The van der Waals surface area contributed by atoms with Gasteiger partial charge in [-0.2, -0.15) is 0 Å². The first-order chi connectivity index (χ1) is 8.66. The summed E-state index contributed by atoms with van der Waals surface area (Å²) in [5.74, 6) is -0.104. The van der Waals surface area contributed by atoms with Crippen LogP contribution in [0.4, 0.5) is 5.95 Å². The van der Waals surface area contributed by atoms with Gasteiger partial charge in [-0.05, 0) is 31.5 Å². The first kappa shape index (κ1) is 12.2. The molecular weight excluding hydrogens is 228 g/mol. The summed E-state index contributed by atoms with van der Waals surface area (Å²) < 4.78 is 0. The van der Waals surface area contributed by atoms with Gasteiger partial charge >= 0.3 is 0 Å². The fraction of sp³-hybridized carbons (Fsp3) is 0.231. The van der Waals surface area contributed by atoms with Crippen LogP contribution in [0.25, 0.3) is 0 Å². The van der Waals surface area contributed by atoms with Gasteiger partial charge in [0, 0.05) is 24.3 Å². The average molecular weight is 242 g/mol. The zero-order valence-corrected chi connectivity index (χ0v) is 10.3. The zero-order chi connectivity index (χ0) is 13.0. The molecule has 1 atom stereocenters. The second kappa shape index (κ2) is 5.35. The van der Waals surface area contributed by atoms with Crippen LogP contribution < -0.4 is 5.32 Å². The van der Waals surface area contributed by atoms with E-state index in [4.69, 9.17) is 0 Å². The third-order valence-electron chi connectivity index (χ3n) is 2.61. The Morgan fingerprint density at radius 1 is 1.33 bits per heavy atom. The lowest BCUT2D eigenvalue weighted by Crippen LogP contribution is -2.20. The summed E-state index contributed by atoms with van der Waals surface area (Å²) in [6, 6.07) is 5.46. The number of pyridine rings is 1. The maximum atomic E-state index is 12.0. The molecule has 0 radical (unpaired) electrons. The molecule has 0 aliphatic heterocycles. The summed E-state index contributed by atoms with van der Waals surface area (Å²) in [5.41, 5.74) is 1.68. The van der Waals surface area contributed by atoms with Crippen molar-refractivity contribution in [3.05, 3.63) is 48.0 Å². The van der Waals surface area contributed by atoms with E-state index in [9.17, 15) is 4.79 Å². The highest BCUT2D eigenvalue weighted by Crippen LogP contribution is 2.15. The molecule has 0 saturated carbocycles. The fourth-order valence-electron chi connectivity index (χ4n) is 1.51. The van der Waals surface area contributed by atoms with Gasteiger partial charge in [-0.3, -0.25) is 15.1 Å². The van der Waals surface area contributed by atoms with Crippen molar-refractivity contribution in [2.24, 2.45) is 0 Å². The largest absolute Gasteiger partial charge is 0.294 e. The number of anilines is 1. The van der Waals surface area contributed by atoms with Crippen molar-refractivity contribution in [1.29, 1.82) is 0 Å². The Bertz CT molecular complexity index is 542. The van der Waals surface area contributed by atoms with E-state index in [0.717, 1.165) is 11.3 Å². The van der Waals surface area contributed by atoms with Gasteiger partial charge < -0.3 is 0 Å². The molecule has 0 aromatic carbocycles. The summed E-state index contributed by atoms with van der Waals surface area (Å²) in [4.78, 5) is 24.1. The fourth-order valence-corrected chi connectivity index (χ4v) is 1.51. The van der Waals surface area contributed by atoms with Crippen molar-refractivity contribution in [2.45, 2.75) is 19.8 Å². The van der Waals surface area contributed by atoms with E-state index in [2.05, 4.69) is 20.3 Å². The van der Waals surface area contributed by atoms with E-state index in [0.29, 0.717) is 5.95 Å². The molecule has 2 rings (SSSR count). The summed E-state index contributed by atoms with van der Waals surface area (Å²) in [5, 5.41) is 2.69. The average Bonchev–Trinajstić information content (AvgIpc) is 2.39. The smallest absolute Gasteiger partial charge is 0.234 e. The number of rotatable bonds is 3. The second-order valence-corrected chi connectivity index (χ2v) is 4.02. The molecule has 1 unspecified atom stereocenters. The molecule has 0 aliphatic carbocycles. The predicted octanol–water partition coefficient (Wildman–Crippen LogP) is 1.92. The molecule has 5 nitrogen and oxygen atoms in total. The predicted molar refractivity (Wildman–Crippen MR) is 68.1 cm³/mol. The van der Waals surface area contributed by atoms with Crippen LogP contribution in [0.15, 0.2) is 36.8 Å². The van der Waals surface area contributed by atoms with Crippen molar-refractivity contribution in [1.82, 2.24) is 15.0 Å². The van der Waals surface area contributed by atoms with Gasteiger partial charge in [0.25, 0.3) is 0 Å². The zero-order valence-electron chi connectivity index (χ0n) is 10.3. The maximum Gasteiger partial charge on any atom is 0.234 e. The van der Waals surface area contributed by atoms with Crippen LogP contribution in [0.5, 0.6) is 0 Å². The second-order valence-electron chi connectivity index (χ2n) is 4.02. The summed E-state index contributed by atoms with van der Waals surface area (Å²) in [7, 11) is 0. The van der Waals surface area contributed by atoms with Crippen LogP contribution in [0.3, 0.4) is 0 Å². The highest BCUT2D eigenvalue weighted by atomic mass is 16.2. The van der Waals surface area contributed by atoms with Crippen LogP contribution in [-0.2, 0) is 4.79 Å². The number of carbonyl (C=O) groups is 1. The van der Waals surface area contributed by atoms with Gasteiger partial charge in [-0.1, -0.05) is 6.07 Å². The number of amides is 1. The summed E-state index contributed by atoms with van der Waals surface area (Å²) in [6.45, 7) is 3.67. The third-order valence-corrected chi connectivity index (χ3v) is 2.61. The number of nitrogens with one attached hydrogen (secondary N) is 1. The molecule has 0 fully saturated rings. The van der Waals surface area contributed by atoms with Crippen molar-refractivity contribution >= 4 is 11.9 Å². The van der Waals surface area contributed by atoms with E-state index >= 15 is 0 Å². The van der Waals surface area contributed by atoms with Gasteiger partial charge in [0.15, 0.2) is 0 Å². The minimum Gasteiger partial charge on any atom is -0.294 e. The Morgan fingerprint density at radius 3 is 2.83 bits per heavy atom. The topological polar surface area (TPSA) is 67.8 Å². The van der Waals surface area contributed by atoms with Crippen LogP contribution in [0.1, 0.15) is 24.1 Å². The lowest BCUT2D eigenvalue weighted by Gasteiger charge is -2.11. The molecule has 0 spiro atoms. The van der Waals surface area contributed by atoms with E-state index in [1.165, 1.54) is 0 Å². The van der Waals surface area contributed by atoms with E-state index in [1.54, 1.807) is 24.7 Å². The molecule has 2 heterocycles. The molecule has 2 aromatic heterocycles. The number of aryl methyl sites for hydroxylation is 1. The lowest BCUT2D eigenvalue weighted by atomic mass is 10.0. The van der Waals surface area contributed by atoms with Gasteiger partial charge in [-0.25, -0.2) is 9.97 Å². The van der Waals surface area contributed by atoms with Gasteiger partial charge in [0.05, 0.1) is 5.92 Å². The number of nitrogens with zero attached hydrogens (tertiary/aromatic N) is 3. The monoisotopic (exact) mass is 242 g/mol. The van der Waals surface area contributed by atoms with Crippen molar-refractivity contribution < 1.29 is 4.79 Å². The first-order valence-corrected chi connectivity index (χ1v) is 5.67. The molecule has 5 heteroatoms. The first-order valence-electron chi connectivity index (χ1n) is 5.67. The molecule has 92 valence electrons. The Morgan fingerprint density at radius 2 is 2.17 bits per heavy atom. The molecular formula is C13H14N4O. The van der Waals surface area contributed by atoms with E-state index in [1.807, 2.05) is 26.0 Å². The van der Waals surface area contributed by atoms with Crippen molar-refractivity contribution in [2.75, 3.05) is 5.32 Å². The number of carbonyl (C=O) groups excluding carboxylic acids is 1. The Balaban J connectivity index is 2.09. The van der Waals surface area contributed by atoms with Gasteiger partial charge in [0.1, 0.15) is 0 Å². The lowest BCUT2D eigenvalue weighted by molar-refractivity contribution is -0.117. The van der Waals surface area contributed by atoms with Gasteiger partial charge in [0.2, 0.25) is 11.9 Å². The van der Waals surface area contributed by atoms with Crippen LogP contribution in [0.2, 0.25) is 0 Å². The highest BCUT2D eigenvalue weighted by Gasteiger charge is 2.16. The molecule has 1 N–H and O–H groups in total. The molecule has 2 aromatic rings. The quantitative estimate of drug-likeness (QED) is 0.892. The molecule has 0 aliphatic rings. The number of hydrogen-bond donors (Lipinski definition) is 1. The Kier molecular flexibility index (Phi) is 3.62. The van der Waals surface area contributed by atoms with Crippen molar-refractivity contribution in [3.8, 4) is 0 Å². The number of aromatic nitrogens is 3. The summed E-state index contributed by atoms with van der Waals surface area (Å²) >= 11 is 0. The molecule has 18 heavy (non-hydrogen) atoms. The normalized spacial score (nSPS) is 11.9. The standard InChI is InChI=1S/C13H14N4O/c1-9-5-7-15-13(16-9)17-12(18)10(2)11-4-3-6-14-8-11/h3-8,10H,1-2H3,(H,15,16,17,18). The van der Waals surface area contributed by atoms with E-state index in [-0.39, 0.29) is 11.8 Å². The van der Waals surface area contributed by atoms with Crippen LogP contribution in [0, 0.1) is 6.92 Å². The van der Waals surface area contributed by atoms with Crippen LogP contribution in [-0.4, -0.2) is 20.9 Å².